The van der Waals surface area contributed by atoms with E-state index in [2.05, 4.69) is 41.5 Å². The molecule has 0 aromatic heterocycles. The van der Waals surface area contributed by atoms with Gasteiger partial charge in [0.05, 0.1) is 5.56 Å². The zero-order chi connectivity index (χ0) is 27.1. The van der Waals surface area contributed by atoms with Crippen LogP contribution in [0.25, 0.3) is 21.9 Å². The summed E-state index contributed by atoms with van der Waals surface area (Å²) >= 11 is 0. The molecule has 1 N–H and O–H groups in total. The Balaban J connectivity index is 0.00000115. The number of aromatic carboxylic acids is 1. The first kappa shape index (κ1) is 27.4. The molecular formula is C30H33F3O3. The Bertz CT molecular complexity index is 1300. The highest BCUT2D eigenvalue weighted by Gasteiger charge is 2.42. The van der Waals surface area contributed by atoms with Crippen molar-refractivity contribution in [1.29, 1.82) is 0 Å². The van der Waals surface area contributed by atoms with E-state index in [9.17, 15) is 22.8 Å². The van der Waals surface area contributed by atoms with E-state index in [4.69, 9.17) is 5.11 Å². The number of hydrogen-bond donors (Lipinski definition) is 1. The number of carbonyl (C=O) groups is 2. The number of benzene rings is 3. The van der Waals surface area contributed by atoms with Crippen LogP contribution in [0.2, 0.25) is 0 Å². The molecule has 0 heterocycles. The summed E-state index contributed by atoms with van der Waals surface area (Å²) in [6.07, 6.45) is -1.92. The third-order valence-corrected chi connectivity index (χ3v) is 6.89. The molecule has 0 unspecified atom stereocenters. The van der Waals surface area contributed by atoms with Crippen LogP contribution in [-0.2, 0) is 10.8 Å². The molecule has 0 spiro atoms. The summed E-state index contributed by atoms with van der Waals surface area (Å²) < 4.78 is 40.6. The molecule has 3 nitrogen and oxygen atoms in total. The lowest BCUT2D eigenvalue weighted by atomic mass is 9.62. The Morgan fingerprint density at radius 3 is 1.81 bits per heavy atom. The summed E-state index contributed by atoms with van der Waals surface area (Å²) in [6, 6.07) is 12.6. The minimum absolute atomic E-state index is 0.0733. The predicted octanol–water partition coefficient (Wildman–Crippen LogP) is 8.72. The van der Waals surface area contributed by atoms with Gasteiger partial charge in [0.25, 0.3) is 5.78 Å². The number of ketones is 1. The maximum Gasteiger partial charge on any atom is 0.454 e. The summed E-state index contributed by atoms with van der Waals surface area (Å²) in [5.41, 5.74) is 2.34. The average Bonchev–Trinajstić information content (AvgIpc) is 2.80. The van der Waals surface area contributed by atoms with Crippen molar-refractivity contribution in [3.05, 3.63) is 70.8 Å². The molecule has 0 fully saturated rings. The lowest BCUT2D eigenvalue weighted by molar-refractivity contribution is -0.0884. The maximum atomic E-state index is 13.5. The molecule has 0 radical (unpaired) electrons. The van der Waals surface area contributed by atoms with Crippen LogP contribution in [0.3, 0.4) is 0 Å². The Morgan fingerprint density at radius 2 is 1.33 bits per heavy atom. The van der Waals surface area contributed by atoms with Gasteiger partial charge in [-0.25, -0.2) is 4.79 Å². The molecule has 1 aliphatic carbocycles. The van der Waals surface area contributed by atoms with Crippen molar-refractivity contribution < 1.29 is 27.9 Å². The van der Waals surface area contributed by atoms with Crippen molar-refractivity contribution in [2.75, 3.05) is 0 Å². The van der Waals surface area contributed by atoms with Gasteiger partial charge >= 0.3 is 12.1 Å². The number of halogens is 3. The molecular weight excluding hydrogens is 465 g/mol. The van der Waals surface area contributed by atoms with Crippen LogP contribution >= 0.6 is 0 Å². The minimum atomic E-state index is -5.01. The largest absolute Gasteiger partial charge is 0.478 e. The van der Waals surface area contributed by atoms with Crippen molar-refractivity contribution >= 4 is 22.5 Å². The molecule has 0 saturated carbocycles. The maximum absolute atomic E-state index is 13.5. The monoisotopic (exact) mass is 498 g/mol. The molecule has 4 rings (SSSR count). The summed E-state index contributed by atoms with van der Waals surface area (Å²) in [5, 5.41) is 9.98. The molecule has 36 heavy (non-hydrogen) atoms. The Morgan fingerprint density at radius 1 is 0.833 bits per heavy atom. The van der Waals surface area contributed by atoms with E-state index in [0.29, 0.717) is 16.5 Å². The number of carboxylic acids is 1. The highest BCUT2D eigenvalue weighted by Crippen LogP contribution is 2.48. The predicted molar refractivity (Wildman–Crippen MR) is 138 cm³/mol. The molecule has 1 aliphatic rings. The number of carbonyl (C=O) groups excluding carboxylic acids is 1. The molecule has 0 atom stereocenters. The van der Waals surface area contributed by atoms with Crippen LogP contribution < -0.4 is 0 Å². The standard InChI is InChI=1S/C27H25F3O3.C3H8/c1-25(2)9-10-26(3,4)22-14-19-18(13-21(22)25)11-17(12-20(19)23(31)27(28,29)30)15-5-7-16(8-6-15)24(32)33;1-3-2/h5-8,11-14H,9-10H2,1-4H3,(H,32,33);3H2,1-2H3. The summed E-state index contributed by atoms with van der Waals surface area (Å²) in [7, 11) is 0. The van der Waals surface area contributed by atoms with Crippen LogP contribution in [0.4, 0.5) is 13.2 Å². The Labute approximate surface area is 210 Å². The molecule has 0 saturated heterocycles. The van der Waals surface area contributed by atoms with Crippen molar-refractivity contribution in [2.45, 2.75) is 77.8 Å². The number of hydrogen-bond acceptors (Lipinski definition) is 2. The zero-order valence-electron chi connectivity index (χ0n) is 21.6. The van der Waals surface area contributed by atoms with E-state index >= 15 is 0 Å². The number of carboxylic acid groups (broad SMARTS) is 1. The van der Waals surface area contributed by atoms with Gasteiger partial charge in [-0.1, -0.05) is 66.2 Å². The second-order valence-electron chi connectivity index (χ2n) is 10.8. The second kappa shape index (κ2) is 9.72. The third-order valence-electron chi connectivity index (χ3n) is 6.89. The minimum Gasteiger partial charge on any atom is -0.478 e. The van der Waals surface area contributed by atoms with Gasteiger partial charge in [0.15, 0.2) is 0 Å². The van der Waals surface area contributed by atoms with Crippen molar-refractivity contribution in [3.63, 3.8) is 0 Å². The van der Waals surface area contributed by atoms with Gasteiger partial charge < -0.3 is 5.11 Å². The fourth-order valence-electron chi connectivity index (χ4n) is 4.74. The SMILES string of the molecule is CC1(C)CCC(C)(C)c2cc3c(C(=O)C(F)(F)F)cc(-c4ccc(C(=O)O)cc4)cc3cc21.CCC. The topological polar surface area (TPSA) is 54.4 Å². The van der Waals surface area contributed by atoms with Gasteiger partial charge in [-0.15, -0.1) is 0 Å². The number of rotatable bonds is 3. The van der Waals surface area contributed by atoms with Crippen LogP contribution in [0.15, 0.2) is 48.5 Å². The Hall–Kier alpha value is -3.15. The number of Topliss-reactive ketones (excluding diaryl/α,β-unsaturated/α-hetero) is 1. The van der Waals surface area contributed by atoms with Crippen molar-refractivity contribution in [3.8, 4) is 11.1 Å². The molecule has 0 amide bonds. The van der Waals surface area contributed by atoms with Crippen LogP contribution in [0.5, 0.6) is 0 Å². The van der Waals surface area contributed by atoms with Gasteiger partial charge in [0, 0.05) is 5.56 Å². The molecule has 6 heteroatoms. The van der Waals surface area contributed by atoms with Gasteiger partial charge in [0.2, 0.25) is 0 Å². The first-order chi connectivity index (χ1) is 16.6. The molecule has 3 aromatic carbocycles. The smallest absolute Gasteiger partial charge is 0.454 e. The van der Waals surface area contributed by atoms with E-state index in [1.165, 1.54) is 36.8 Å². The number of alkyl halides is 3. The zero-order valence-corrected chi connectivity index (χ0v) is 21.6. The quantitative estimate of drug-likeness (QED) is 0.367. The van der Waals surface area contributed by atoms with E-state index in [1.54, 1.807) is 12.1 Å². The second-order valence-corrected chi connectivity index (χ2v) is 10.8. The lowest BCUT2D eigenvalue weighted by Crippen LogP contribution is -2.33. The molecule has 0 bridgehead atoms. The van der Waals surface area contributed by atoms with Gasteiger partial charge in [-0.05, 0) is 87.0 Å². The van der Waals surface area contributed by atoms with E-state index in [-0.39, 0.29) is 27.3 Å². The lowest BCUT2D eigenvalue weighted by Gasteiger charge is -2.42. The highest BCUT2D eigenvalue weighted by atomic mass is 19.4. The van der Waals surface area contributed by atoms with Crippen LogP contribution in [0, 0.1) is 0 Å². The first-order valence-electron chi connectivity index (χ1n) is 12.2. The summed E-state index contributed by atoms with van der Waals surface area (Å²) in [5.74, 6) is -2.98. The molecule has 0 aliphatic heterocycles. The average molecular weight is 499 g/mol. The van der Waals surface area contributed by atoms with Gasteiger partial charge in [-0.2, -0.15) is 13.2 Å². The first-order valence-corrected chi connectivity index (χ1v) is 12.2. The molecule has 192 valence electrons. The third kappa shape index (κ3) is 5.32. The highest BCUT2D eigenvalue weighted by molar-refractivity contribution is 6.12. The Kier molecular flexibility index (Phi) is 7.41. The fourth-order valence-corrected chi connectivity index (χ4v) is 4.74. The van der Waals surface area contributed by atoms with Gasteiger partial charge in [0.1, 0.15) is 0 Å². The summed E-state index contributed by atoms with van der Waals surface area (Å²) in [4.78, 5) is 23.6. The van der Waals surface area contributed by atoms with E-state index in [0.717, 1.165) is 24.0 Å². The van der Waals surface area contributed by atoms with Crippen LogP contribution in [-0.4, -0.2) is 23.0 Å². The fraction of sp³-hybridized carbons (Fsp3) is 0.400. The van der Waals surface area contributed by atoms with Crippen molar-refractivity contribution in [2.24, 2.45) is 0 Å². The summed E-state index contributed by atoms with van der Waals surface area (Å²) in [6.45, 7) is 12.7. The van der Waals surface area contributed by atoms with Crippen LogP contribution in [0.1, 0.15) is 92.6 Å². The normalized spacial score (nSPS) is 16.0. The molecule has 3 aromatic rings. The van der Waals surface area contributed by atoms with E-state index in [1.807, 2.05) is 6.07 Å². The van der Waals surface area contributed by atoms with Gasteiger partial charge in [-0.3, -0.25) is 4.79 Å². The van der Waals surface area contributed by atoms with E-state index < -0.39 is 17.9 Å². The van der Waals surface area contributed by atoms with Crippen molar-refractivity contribution in [1.82, 2.24) is 0 Å². The number of fused-ring (bicyclic) bond motifs is 2.